The largest absolute Gasteiger partial charge is 0.458 e. The molecular weight excluding hydrogens is 1880 g/mol. The highest BCUT2D eigenvalue weighted by molar-refractivity contribution is 6.79. The van der Waals surface area contributed by atoms with Gasteiger partial charge in [-0.15, -0.1) is 20.4 Å². The van der Waals surface area contributed by atoms with Gasteiger partial charge in [0.15, 0.2) is 11.6 Å². The lowest BCUT2D eigenvalue weighted by Gasteiger charge is -2.35. The Morgan fingerprint density at radius 2 is 0.887 bits per heavy atom. The van der Waals surface area contributed by atoms with Gasteiger partial charge >= 0.3 is 24.3 Å². The lowest BCUT2D eigenvalue weighted by atomic mass is 9.77. The zero-order valence-electron chi connectivity index (χ0n) is 84.5. The summed E-state index contributed by atoms with van der Waals surface area (Å²) in [5.74, 6) is 1.13. The lowest BCUT2D eigenvalue weighted by Crippen LogP contribution is -2.44. The Morgan fingerprint density at radius 1 is 0.440 bits per heavy atom. The molecule has 772 valence electrons. The molecule has 2 amide bonds. The second kappa shape index (κ2) is 62.8. The van der Waals surface area contributed by atoms with Crippen LogP contribution >= 0.6 is 0 Å². The third-order valence-corrected chi connectivity index (χ3v) is 42.0. The van der Waals surface area contributed by atoms with E-state index in [9.17, 15) is 39.9 Å². The molecule has 14 rings (SSSR count). The molecule has 15 N–H and O–H groups in total. The zero-order chi connectivity index (χ0) is 103. The van der Waals surface area contributed by atoms with Crippen LogP contribution in [0.25, 0.3) is 0 Å². The maximum absolute atomic E-state index is 12.7. The van der Waals surface area contributed by atoms with Crippen LogP contribution in [-0.4, -0.2) is 259 Å². The SMILES string of the molecule is C[Si]1(C)CC=C2C(CCO)=NN=C(CCO)[C@@H]2CC1.C[Si]1(C)CCC=C[C@H](OC(=O)CCc2ccccc2)C1.C[Si]1(C)CC[C@H]2C(CCO)=NN=C(CCO)[C@@H]2[C@H](OC(=O)NCc2ccccc2)C1.C[Si]1(C)CC[C@H]2C(CCO)=NNC(CCO)=C2[C@H](OC(=O)NCc2ccccc2)C1.C[Si]1(C)CCc2c(CCO)nnc(CCO)c2CC1.NCc1ccccc1.O=C=O.OCCc1nnc(CCO)nn1. The Hall–Kier alpha value is -9.70. The van der Waals surface area contributed by atoms with Crippen LogP contribution in [-0.2, 0) is 93.2 Å². The molecule has 141 heavy (non-hydrogen) atoms. The molecule has 8 aliphatic rings. The van der Waals surface area contributed by atoms with E-state index < -0.39 is 52.6 Å². The minimum Gasteiger partial charge on any atom is -0.458 e. The summed E-state index contributed by atoms with van der Waals surface area (Å²) in [5, 5.41) is 143. The normalized spacial score (nSPS) is 20.6. The number of carbonyl (C=O) groups is 3. The topological polar surface area (TPSA) is 517 Å². The Kier molecular flexibility index (Phi) is 52.6. The molecule has 4 aromatic carbocycles. The van der Waals surface area contributed by atoms with Crippen LogP contribution in [0.3, 0.4) is 0 Å². The molecule has 2 aromatic heterocycles. The van der Waals surface area contributed by atoms with E-state index in [0.717, 1.165) is 138 Å². The minimum atomic E-state index is -1.60. The summed E-state index contributed by atoms with van der Waals surface area (Å²) >= 11 is 0. The second-order valence-corrected chi connectivity index (χ2v) is 66.7. The number of rotatable bonds is 31. The van der Waals surface area contributed by atoms with Crippen molar-refractivity contribution in [1.29, 1.82) is 0 Å². The van der Waals surface area contributed by atoms with Crippen molar-refractivity contribution >= 4 is 93.2 Å². The Bertz CT molecular complexity index is 4990. The first-order valence-corrected chi connectivity index (χ1v) is 67.0. The fraction of sp³-hybridized carbons (Fsp3) is 0.563. The average Bonchev–Trinajstić information content (AvgIpc) is 1.66. The standard InChI is InChI=1S/2C22H33N3O4Si.C17H24O2Si.2C14H24N2O2Si.C7H9N.C6H10N4O2.CO2/c2*1-30(2)13-10-17-18(8-11-26)24-25-19(9-12-27)21(17)20(15-30)29-22(28)23-14-16-6-4-3-5-7-16;1-20(2)13-7-6-10-16(14-20)19-17(18)12-11-15-8-4-3-5-9-15;2*1-19(2)9-5-11-12(6-10-19)14(4-8-18)16-15-13(11)3-7-17;8-6-7-4-2-1-3-5-7;11-3-1-5-7-9-6(2-4-12)10-8-5;2-1-3/h3-7,17,20,25-27H,8-15H2,1-2H3,(H,23,28);3-7,17,20-21,26-27H,8-15H2,1-2H3,(H,23,28);3-6,8-10,16H,7,11-14H2,1-2H3;17-18H,3-10H2,1-2H3;5,12,17-18H,3-4,6-10H2,1-2H3;1-5H,6,8H2;11-12H,1-4H2;/t17-,20+;17-,20+,21+;16-;;12-;;;/m000.1.../s1. The summed E-state index contributed by atoms with van der Waals surface area (Å²) in [6.07, 6.45) is 17.8. The number of hydrogen-bond donors (Lipinski definition) is 14. The molecule has 8 aliphatic heterocycles. The van der Waals surface area contributed by atoms with Gasteiger partial charge in [-0.1, -0.05) is 235 Å². The molecule has 0 saturated carbocycles. The van der Waals surface area contributed by atoms with Gasteiger partial charge in [-0.05, 0) is 120 Å². The van der Waals surface area contributed by atoms with Crippen LogP contribution in [0.4, 0.5) is 9.59 Å². The van der Waals surface area contributed by atoms with Crippen molar-refractivity contribution in [2.75, 3.05) is 66.1 Å². The van der Waals surface area contributed by atoms with Gasteiger partial charge in [0.1, 0.15) is 18.3 Å². The number of aryl methyl sites for hydroxylation is 1. The van der Waals surface area contributed by atoms with E-state index in [-0.39, 0.29) is 114 Å². The maximum atomic E-state index is 12.7. The number of nitrogens with two attached hydrogens (primary N) is 1. The van der Waals surface area contributed by atoms with E-state index in [2.05, 4.69) is 168 Å². The van der Waals surface area contributed by atoms with Gasteiger partial charge < -0.3 is 81.6 Å². The number of alkyl carbamates (subject to hydrolysis) is 2. The summed E-state index contributed by atoms with van der Waals surface area (Å²) < 4.78 is 17.6. The summed E-state index contributed by atoms with van der Waals surface area (Å²) in [6, 6.07) is 50.8. The molecule has 7 atom stereocenters. The smallest absolute Gasteiger partial charge is 0.407 e. The van der Waals surface area contributed by atoms with Crippen LogP contribution in [0.2, 0.25) is 126 Å². The van der Waals surface area contributed by atoms with Crippen molar-refractivity contribution in [2.24, 2.45) is 54.9 Å². The third kappa shape index (κ3) is 41.9. The molecule has 38 heteroatoms. The Labute approximate surface area is 837 Å². The number of benzene rings is 4. The molecule has 0 spiro atoms. The van der Waals surface area contributed by atoms with Crippen molar-refractivity contribution in [3.63, 3.8) is 0 Å². The van der Waals surface area contributed by atoms with Crippen molar-refractivity contribution in [2.45, 2.75) is 279 Å². The van der Waals surface area contributed by atoms with E-state index >= 15 is 0 Å². The number of aliphatic hydroxyl groups excluding tert-OH is 10. The first-order valence-electron chi connectivity index (χ1n) is 49.9. The highest BCUT2D eigenvalue weighted by Gasteiger charge is 2.47. The summed E-state index contributed by atoms with van der Waals surface area (Å²) in [5.41, 5.74) is 25.1. The number of hydrogen-bond acceptors (Lipinski definition) is 31. The molecule has 0 aliphatic carbocycles. The molecule has 6 aromatic rings. The fourth-order valence-corrected chi connectivity index (χ4v) is 30.5. The first kappa shape index (κ1) is 118. The number of carbonyl (C=O) groups excluding carboxylic acids is 5. The quantitative estimate of drug-likeness (QED) is 0.00832. The lowest BCUT2D eigenvalue weighted by molar-refractivity contribution is -0.191. The maximum Gasteiger partial charge on any atom is 0.407 e. The van der Waals surface area contributed by atoms with Crippen LogP contribution in [0.1, 0.15) is 127 Å². The van der Waals surface area contributed by atoms with E-state index in [1.807, 2.05) is 109 Å². The number of nitrogens with zero attached hydrogens (tertiary/aromatic N) is 11. The predicted octanol–water partition coefficient (Wildman–Crippen LogP) is 12.9. The van der Waals surface area contributed by atoms with E-state index in [0.29, 0.717) is 108 Å². The molecule has 0 unspecified atom stereocenters. The van der Waals surface area contributed by atoms with Crippen molar-refractivity contribution in [3.8, 4) is 0 Å². The van der Waals surface area contributed by atoms with Crippen molar-refractivity contribution in [3.05, 3.63) is 213 Å². The van der Waals surface area contributed by atoms with Gasteiger partial charge in [-0.25, -0.2) is 9.59 Å². The number of allylic oxidation sites excluding steroid dienone is 3. The third-order valence-electron chi connectivity index (χ3n) is 26.4. The number of aromatic nitrogens is 6. The second-order valence-electron chi connectivity index (χ2n) is 40.4. The van der Waals surface area contributed by atoms with E-state index in [1.165, 1.54) is 58.0 Å². The predicted molar refractivity (Wildman–Crippen MR) is 564 cm³/mol. The summed E-state index contributed by atoms with van der Waals surface area (Å²) in [7, 11) is -6.64. The monoisotopic (exact) mass is 2030 g/mol. The number of hydrazone groups is 1. The number of nitrogens with one attached hydrogen (secondary N) is 3. The molecule has 10 heterocycles. The van der Waals surface area contributed by atoms with Gasteiger partial charge in [0, 0.05) is 192 Å². The van der Waals surface area contributed by atoms with Crippen molar-refractivity contribution < 1.29 is 89.2 Å². The van der Waals surface area contributed by atoms with Crippen LogP contribution in [0.5, 0.6) is 0 Å². The van der Waals surface area contributed by atoms with Crippen molar-refractivity contribution in [1.82, 2.24) is 46.7 Å². The number of aliphatic hydroxyl groups is 10. The van der Waals surface area contributed by atoms with Gasteiger partial charge in [-0.2, -0.15) is 45.3 Å². The van der Waals surface area contributed by atoms with Gasteiger partial charge in [0.25, 0.3) is 0 Å². The highest BCUT2D eigenvalue weighted by atomic mass is 28.3. The molecule has 2 saturated heterocycles. The average molecular weight is 2030 g/mol. The van der Waals surface area contributed by atoms with E-state index in [4.69, 9.17) is 55.1 Å². The van der Waals surface area contributed by atoms with Gasteiger partial charge in [-0.3, -0.25) is 10.2 Å². The molecule has 0 bridgehead atoms. The zero-order valence-corrected chi connectivity index (χ0v) is 89.5. The number of fused-ring (bicyclic) bond motifs is 4. The van der Waals surface area contributed by atoms with Crippen LogP contribution in [0, 0.1) is 23.7 Å². The van der Waals surface area contributed by atoms with Gasteiger partial charge in [0.2, 0.25) is 0 Å². The van der Waals surface area contributed by atoms with Crippen LogP contribution in [0.15, 0.2) is 182 Å². The molecular formula is C103H157N15O18Si5. The summed E-state index contributed by atoms with van der Waals surface area (Å²) in [6.45, 7) is 25.8. The minimum absolute atomic E-state index is 0.00226. The number of esters is 1. The summed E-state index contributed by atoms with van der Waals surface area (Å²) in [4.78, 5) is 53.6. The molecule has 2 fully saturated rings. The number of ether oxygens (including phenoxy) is 3. The fourth-order valence-electron chi connectivity index (χ4n) is 18.6. The Morgan fingerprint density at radius 3 is 1.40 bits per heavy atom. The van der Waals surface area contributed by atoms with Gasteiger partial charge in [0.05, 0.1) is 74.0 Å². The highest BCUT2D eigenvalue weighted by Crippen LogP contribution is 2.44. The Balaban J connectivity index is 0.000000229. The van der Waals surface area contributed by atoms with Crippen LogP contribution < -0.4 is 21.8 Å². The first-order chi connectivity index (χ1) is 67.8. The van der Waals surface area contributed by atoms with E-state index in [1.54, 1.807) is 0 Å². The number of amides is 2. The molecule has 0 radical (unpaired) electrons. The molecule has 33 nitrogen and oxygen atoms in total.